The first-order valence-electron chi connectivity index (χ1n) is 4.90. The molecule has 1 rings (SSSR count). The third-order valence-corrected chi connectivity index (χ3v) is 2.77. The number of benzene rings is 1. The molecule has 0 aromatic heterocycles. The molecule has 0 radical (unpaired) electrons. The van der Waals surface area contributed by atoms with E-state index in [1.807, 2.05) is 6.92 Å². The monoisotopic (exact) mass is 219 g/mol. The Bertz CT molecular complexity index is 369. The van der Waals surface area contributed by atoms with E-state index in [0.29, 0.717) is 0 Å². The molecule has 1 aromatic carbocycles. The molecular weight excluding hydrogens is 202 g/mol. The van der Waals surface area contributed by atoms with Crippen LogP contribution in [0.3, 0.4) is 0 Å². The van der Waals surface area contributed by atoms with Crippen molar-refractivity contribution >= 4 is 11.8 Å². The van der Waals surface area contributed by atoms with E-state index in [1.165, 1.54) is 11.1 Å². The van der Waals surface area contributed by atoms with Gasteiger partial charge in [0.1, 0.15) is 0 Å². The maximum atomic E-state index is 3.93. The van der Waals surface area contributed by atoms with Crippen LogP contribution in [0.2, 0.25) is 0 Å². The molecule has 0 atom stereocenters. The summed E-state index contributed by atoms with van der Waals surface area (Å²) < 4.78 is 0. The van der Waals surface area contributed by atoms with Crippen LogP contribution in [0.5, 0.6) is 0 Å². The summed E-state index contributed by atoms with van der Waals surface area (Å²) >= 11 is 1.58. The maximum absolute atomic E-state index is 3.93. The standard InChI is InChI=1S/C13H17NS/c1-10(2)15-12(4)14-9-13-8-6-5-7-11(13)3/h5-8,14H,1,4,9H2,2-3H3. The molecule has 1 aromatic rings. The Morgan fingerprint density at radius 1 is 1.33 bits per heavy atom. The van der Waals surface area contributed by atoms with Crippen LogP contribution in [0.4, 0.5) is 0 Å². The molecule has 1 N–H and O–H groups in total. The summed E-state index contributed by atoms with van der Waals surface area (Å²) in [6.45, 7) is 12.7. The predicted molar refractivity (Wildman–Crippen MR) is 69.6 cm³/mol. The largest absolute Gasteiger partial charge is 0.376 e. The first-order chi connectivity index (χ1) is 7.09. The first-order valence-corrected chi connectivity index (χ1v) is 5.72. The van der Waals surface area contributed by atoms with Gasteiger partial charge in [0.2, 0.25) is 0 Å². The van der Waals surface area contributed by atoms with E-state index in [-0.39, 0.29) is 0 Å². The van der Waals surface area contributed by atoms with Crippen molar-refractivity contribution < 1.29 is 0 Å². The Hall–Kier alpha value is -1.15. The number of hydrogen-bond acceptors (Lipinski definition) is 2. The summed E-state index contributed by atoms with van der Waals surface area (Å²) in [5.41, 5.74) is 2.61. The molecule has 0 amide bonds. The number of hydrogen-bond donors (Lipinski definition) is 1. The Kier molecular flexibility index (Phi) is 4.50. The van der Waals surface area contributed by atoms with E-state index in [9.17, 15) is 0 Å². The zero-order chi connectivity index (χ0) is 11.3. The molecule has 0 saturated carbocycles. The molecule has 80 valence electrons. The summed E-state index contributed by atoms with van der Waals surface area (Å²) in [6.07, 6.45) is 0. The third-order valence-electron chi connectivity index (χ3n) is 2.03. The molecule has 0 fully saturated rings. The second-order valence-corrected chi connectivity index (χ2v) is 4.90. The fourth-order valence-corrected chi connectivity index (χ4v) is 1.81. The number of allylic oxidation sites excluding steroid dienone is 1. The van der Waals surface area contributed by atoms with Crippen molar-refractivity contribution in [2.24, 2.45) is 0 Å². The van der Waals surface area contributed by atoms with Gasteiger partial charge in [0.05, 0.1) is 5.03 Å². The van der Waals surface area contributed by atoms with E-state index >= 15 is 0 Å². The molecule has 0 unspecified atom stereocenters. The van der Waals surface area contributed by atoms with Gasteiger partial charge in [0.15, 0.2) is 0 Å². The van der Waals surface area contributed by atoms with Gasteiger partial charge >= 0.3 is 0 Å². The third kappa shape index (κ3) is 4.26. The fourth-order valence-electron chi connectivity index (χ4n) is 1.25. The average Bonchev–Trinajstić information content (AvgIpc) is 2.15. The first kappa shape index (κ1) is 11.9. The molecule has 2 heteroatoms. The molecular formula is C13H17NS. The summed E-state index contributed by atoms with van der Waals surface area (Å²) in [5, 5.41) is 4.23. The smallest absolute Gasteiger partial charge is 0.0655 e. The van der Waals surface area contributed by atoms with Gasteiger partial charge in [-0.1, -0.05) is 49.2 Å². The van der Waals surface area contributed by atoms with Crippen molar-refractivity contribution in [3.05, 3.63) is 58.5 Å². The van der Waals surface area contributed by atoms with Crippen LogP contribution in [0.25, 0.3) is 0 Å². The van der Waals surface area contributed by atoms with Crippen molar-refractivity contribution in [3.63, 3.8) is 0 Å². The van der Waals surface area contributed by atoms with Gasteiger partial charge in [0.25, 0.3) is 0 Å². The molecule has 0 saturated heterocycles. The lowest BCUT2D eigenvalue weighted by atomic mass is 10.1. The van der Waals surface area contributed by atoms with E-state index in [4.69, 9.17) is 0 Å². The zero-order valence-electron chi connectivity index (χ0n) is 9.34. The van der Waals surface area contributed by atoms with Crippen LogP contribution < -0.4 is 5.32 Å². The molecule has 0 aliphatic rings. The van der Waals surface area contributed by atoms with Crippen molar-refractivity contribution in [3.8, 4) is 0 Å². The highest BCUT2D eigenvalue weighted by Gasteiger charge is 1.98. The van der Waals surface area contributed by atoms with Crippen molar-refractivity contribution in [2.45, 2.75) is 20.4 Å². The lowest BCUT2D eigenvalue weighted by molar-refractivity contribution is 0.852. The van der Waals surface area contributed by atoms with Crippen LogP contribution >= 0.6 is 11.8 Å². The molecule has 0 aliphatic carbocycles. The number of thioether (sulfide) groups is 1. The quantitative estimate of drug-likeness (QED) is 0.808. The zero-order valence-corrected chi connectivity index (χ0v) is 10.2. The molecule has 0 heterocycles. The predicted octanol–water partition coefficient (Wildman–Crippen LogP) is 3.82. The highest BCUT2D eigenvalue weighted by atomic mass is 32.2. The SMILES string of the molecule is C=C(C)SC(=C)NCc1ccccc1C. The van der Waals surface area contributed by atoms with Crippen molar-refractivity contribution in [1.29, 1.82) is 0 Å². The number of rotatable bonds is 5. The summed E-state index contributed by atoms with van der Waals surface area (Å²) in [4.78, 5) is 1.05. The highest BCUT2D eigenvalue weighted by molar-refractivity contribution is 8.06. The van der Waals surface area contributed by atoms with E-state index in [1.54, 1.807) is 11.8 Å². The van der Waals surface area contributed by atoms with E-state index in [0.717, 1.165) is 16.5 Å². The van der Waals surface area contributed by atoms with Gasteiger partial charge in [-0.25, -0.2) is 0 Å². The molecule has 0 spiro atoms. The van der Waals surface area contributed by atoms with Gasteiger partial charge in [-0.3, -0.25) is 0 Å². The Morgan fingerprint density at radius 2 is 2.00 bits per heavy atom. The van der Waals surface area contributed by atoms with Crippen LogP contribution in [0, 0.1) is 6.92 Å². The maximum Gasteiger partial charge on any atom is 0.0655 e. The molecule has 1 nitrogen and oxygen atoms in total. The lowest BCUT2D eigenvalue weighted by Crippen LogP contribution is -2.10. The van der Waals surface area contributed by atoms with Gasteiger partial charge in [-0.2, -0.15) is 0 Å². The second kappa shape index (κ2) is 5.66. The van der Waals surface area contributed by atoms with Gasteiger partial charge in [0, 0.05) is 6.54 Å². The topological polar surface area (TPSA) is 12.0 Å². The minimum absolute atomic E-state index is 0.825. The van der Waals surface area contributed by atoms with Crippen LogP contribution in [-0.2, 0) is 6.54 Å². The second-order valence-electron chi connectivity index (χ2n) is 3.51. The van der Waals surface area contributed by atoms with Gasteiger partial charge in [-0.15, -0.1) is 0 Å². The highest BCUT2D eigenvalue weighted by Crippen LogP contribution is 2.19. The summed E-state index contributed by atoms with van der Waals surface area (Å²) in [7, 11) is 0. The van der Waals surface area contributed by atoms with Crippen LogP contribution in [-0.4, -0.2) is 0 Å². The molecule has 0 aliphatic heterocycles. The van der Waals surface area contributed by atoms with Gasteiger partial charge < -0.3 is 5.32 Å². The number of aryl methyl sites for hydroxylation is 1. The average molecular weight is 219 g/mol. The van der Waals surface area contributed by atoms with Crippen LogP contribution in [0.15, 0.2) is 47.4 Å². The molecule has 15 heavy (non-hydrogen) atoms. The van der Waals surface area contributed by atoms with Crippen molar-refractivity contribution in [1.82, 2.24) is 5.32 Å². The summed E-state index contributed by atoms with van der Waals surface area (Å²) in [6, 6.07) is 8.35. The van der Waals surface area contributed by atoms with Gasteiger partial charge in [-0.05, 0) is 29.9 Å². The Balaban J connectivity index is 2.47. The van der Waals surface area contributed by atoms with E-state index in [2.05, 4.69) is 49.7 Å². The number of nitrogens with one attached hydrogen (secondary N) is 1. The van der Waals surface area contributed by atoms with E-state index < -0.39 is 0 Å². The lowest BCUT2D eigenvalue weighted by Gasteiger charge is -2.10. The minimum atomic E-state index is 0.825. The Labute approximate surface area is 96.3 Å². The summed E-state index contributed by atoms with van der Waals surface area (Å²) in [5.74, 6) is 0. The Morgan fingerprint density at radius 3 is 2.60 bits per heavy atom. The minimum Gasteiger partial charge on any atom is -0.376 e. The normalized spacial score (nSPS) is 9.73. The van der Waals surface area contributed by atoms with Crippen LogP contribution in [0.1, 0.15) is 18.1 Å². The van der Waals surface area contributed by atoms with Crippen molar-refractivity contribution in [2.75, 3.05) is 0 Å². The molecule has 0 bridgehead atoms. The fraction of sp³-hybridized carbons (Fsp3) is 0.231.